The molecule has 0 aliphatic heterocycles. The van der Waals surface area contributed by atoms with Gasteiger partial charge in [-0.1, -0.05) is 111 Å². The van der Waals surface area contributed by atoms with Gasteiger partial charge in [-0.05, 0) is 134 Å². The standard InChI is InChI=1S/C70H70N2O16/c1-9-81-67(77)47(5)43-85-63(73)39-53-19-31-59(32-20-53)71(60-33-21-54(22-34-60)40-64(74)86-44-48(6)68(78)82-10-2)57-27-15-51(16-28-57)13-14-52-17-29-58(30-18-52)72(61-35-23-55(24-36-61)41-65(75)87-45-49(7)69(79)83-11-3)62-37-25-56(26-38-62)42-66(76)88-46-50(8)70(80)84-12-4/h13-38H,5-12,39-46H2,1-4H3. The normalized spacial score (nSPS) is 10.6. The lowest BCUT2D eigenvalue weighted by Gasteiger charge is -2.26. The van der Waals surface area contributed by atoms with E-state index in [1.807, 2.05) is 168 Å². The maximum Gasteiger partial charge on any atom is 0.336 e. The Bertz CT molecular complexity index is 3080. The van der Waals surface area contributed by atoms with Gasteiger partial charge in [0.1, 0.15) is 26.4 Å². The number of ether oxygens (including phenoxy) is 8. The van der Waals surface area contributed by atoms with E-state index in [-0.39, 0.29) is 101 Å². The van der Waals surface area contributed by atoms with Crippen molar-refractivity contribution in [2.45, 2.75) is 53.4 Å². The molecule has 0 N–H and O–H groups in total. The van der Waals surface area contributed by atoms with Gasteiger partial charge in [-0.15, -0.1) is 0 Å². The molecule has 88 heavy (non-hydrogen) atoms. The predicted molar refractivity (Wildman–Crippen MR) is 333 cm³/mol. The highest BCUT2D eigenvalue weighted by atomic mass is 16.6. The van der Waals surface area contributed by atoms with E-state index in [0.29, 0.717) is 22.3 Å². The fraction of sp³-hybridized carbons (Fsp3) is 0.229. The Labute approximate surface area is 511 Å². The number of hydrogen-bond donors (Lipinski definition) is 0. The highest BCUT2D eigenvalue weighted by Crippen LogP contribution is 2.37. The molecule has 0 atom stereocenters. The van der Waals surface area contributed by atoms with Gasteiger partial charge in [-0.2, -0.15) is 0 Å². The van der Waals surface area contributed by atoms with Crippen LogP contribution in [-0.4, -0.2) is 101 Å². The number of benzene rings is 6. The summed E-state index contributed by atoms with van der Waals surface area (Å²) in [6.45, 7) is 20.8. The fourth-order valence-electron chi connectivity index (χ4n) is 8.32. The average molecular weight is 1200 g/mol. The van der Waals surface area contributed by atoms with Crippen molar-refractivity contribution in [3.05, 3.63) is 228 Å². The molecule has 6 rings (SSSR count). The van der Waals surface area contributed by atoms with Crippen molar-refractivity contribution in [3.8, 4) is 0 Å². The van der Waals surface area contributed by atoms with Gasteiger partial charge in [0.25, 0.3) is 0 Å². The Kier molecular flexibility index (Phi) is 25.5. The van der Waals surface area contributed by atoms with Crippen LogP contribution in [0.1, 0.15) is 61.1 Å². The Balaban J connectivity index is 1.21. The lowest BCUT2D eigenvalue weighted by molar-refractivity contribution is -0.145. The fourth-order valence-corrected chi connectivity index (χ4v) is 8.32. The number of hydrogen-bond acceptors (Lipinski definition) is 18. The second-order valence-electron chi connectivity index (χ2n) is 19.5. The molecule has 0 unspecified atom stereocenters. The Morgan fingerprint density at radius 1 is 0.295 bits per heavy atom. The molecule has 0 aliphatic rings. The molecule has 456 valence electrons. The second-order valence-corrected chi connectivity index (χ2v) is 19.5. The van der Waals surface area contributed by atoms with Crippen LogP contribution in [0.15, 0.2) is 194 Å². The summed E-state index contributed by atoms with van der Waals surface area (Å²) >= 11 is 0. The van der Waals surface area contributed by atoms with Crippen LogP contribution in [0.3, 0.4) is 0 Å². The van der Waals surface area contributed by atoms with Crippen molar-refractivity contribution in [2.75, 3.05) is 62.7 Å². The SMILES string of the molecule is C=C(COC(=O)Cc1ccc(N(c2ccc(C=Cc3ccc(N(c4ccc(CC(=O)OCC(=C)C(=O)OCC)cc4)c4ccc(CC(=O)OCC(=C)C(=O)OCC)cc4)cc3)cc2)c2ccc(CC(=O)OCC(=C)C(=O)OCC)cc2)cc1)C(=O)OCC. The summed E-state index contributed by atoms with van der Waals surface area (Å²) in [6, 6.07) is 45.2. The first kappa shape index (κ1) is 66.5. The number of nitrogens with zero attached hydrogens (tertiary/aromatic N) is 2. The summed E-state index contributed by atoms with van der Waals surface area (Å²) in [5.41, 5.74) is 9.23. The zero-order valence-electron chi connectivity index (χ0n) is 49.8. The molecule has 0 saturated carbocycles. The van der Waals surface area contributed by atoms with Gasteiger partial charge >= 0.3 is 47.8 Å². The minimum Gasteiger partial charge on any atom is -0.463 e. The van der Waals surface area contributed by atoms with Crippen LogP contribution < -0.4 is 9.80 Å². The number of rotatable bonds is 32. The van der Waals surface area contributed by atoms with Crippen LogP contribution in [0, 0.1) is 0 Å². The van der Waals surface area contributed by atoms with Gasteiger partial charge in [-0.3, -0.25) is 19.2 Å². The van der Waals surface area contributed by atoms with Gasteiger partial charge in [0, 0.05) is 34.1 Å². The van der Waals surface area contributed by atoms with Crippen molar-refractivity contribution in [3.63, 3.8) is 0 Å². The maximum atomic E-state index is 12.8. The third-order valence-electron chi connectivity index (χ3n) is 12.8. The van der Waals surface area contributed by atoms with Crippen LogP contribution in [0.25, 0.3) is 12.2 Å². The van der Waals surface area contributed by atoms with E-state index in [0.717, 1.165) is 45.3 Å². The molecule has 0 fully saturated rings. The van der Waals surface area contributed by atoms with Crippen LogP contribution >= 0.6 is 0 Å². The van der Waals surface area contributed by atoms with E-state index < -0.39 is 47.8 Å². The molecule has 0 spiro atoms. The quantitative estimate of drug-likeness (QED) is 0.0166. The van der Waals surface area contributed by atoms with E-state index in [1.54, 1.807) is 27.7 Å². The topological polar surface area (TPSA) is 217 Å². The van der Waals surface area contributed by atoms with Crippen molar-refractivity contribution in [2.24, 2.45) is 0 Å². The average Bonchev–Trinajstić information content (AvgIpc) is 3.67. The van der Waals surface area contributed by atoms with Crippen LogP contribution in [-0.2, 0) is 102 Å². The number of esters is 8. The molecule has 18 nitrogen and oxygen atoms in total. The Morgan fingerprint density at radius 3 is 0.659 bits per heavy atom. The Morgan fingerprint density at radius 2 is 0.477 bits per heavy atom. The minimum absolute atomic E-state index is 0.0308. The summed E-state index contributed by atoms with van der Waals surface area (Å²) in [7, 11) is 0. The van der Waals surface area contributed by atoms with E-state index in [2.05, 4.69) is 26.3 Å². The summed E-state index contributed by atoms with van der Waals surface area (Å²) in [5.74, 6) is -4.72. The summed E-state index contributed by atoms with van der Waals surface area (Å²) < 4.78 is 40.9. The molecular weight excluding hydrogens is 1120 g/mol. The van der Waals surface area contributed by atoms with Crippen molar-refractivity contribution in [1.82, 2.24) is 0 Å². The van der Waals surface area contributed by atoms with Crippen molar-refractivity contribution < 1.29 is 76.3 Å². The van der Waals surface area contributed by atoms with E-state index >= 15 is 0 Å². The third-order valence-corrected chi connectivity index (χ3v) is 12.8. The molecule has 6 aromatic carbocycles. The van der Waals surface area contributed by atoms with Crippen LogP contribution in [0.2, 0.25) is 0 Å². The Hall–Kier alpha value is -10.6. The zero-order valence-corrected chi connectivity index (χ0v) is 49.8. The van der Waals surface area contributed by atoms with Gasteiger partial charge < -0.3 is 47.7 Å². The second kappa shape index (κ2) is 33.8. The van der Waals surface area contributed by atoms with Crippen LogP contribution in [0.4, 0.5) is 34.1 Å². The monoisotopic (exact) mass is 1190 g/mol. The smallest absolute Gasteiger partial charge is 0.336 e. The molecule has 0 amide bonds. The maximum absolute atomic E-state index is 12.8. The van der Waals surface area contributed by atoms with Gasteiger partial charge in [0.05, 0.1) is 74.4 Å². The van der Waals surface area contributed by atoms with E-state index in [1.165, 1.54) is 0 Å². The lowest BCUT2D eigenvalue weighted by atomic mass is 10.1. The highest BCUT2D eigenvalue weighted by Gasteiger charge is 2.20. The molecule has 0 saturated heterocycles. The third kappa shape index (κ3) is 20.6. The molecule has 6 aromatic rings. The number of carbonyl (C=O) groups excluding carboxylic acids is 8. The van der Waals surface area contributed by atoms with Crippen molar-refractivity contribution >= 4 is 94.0 Å². The summed E-state index contributed by atoms with van der Waals surface area (Å²) in [4.78, 5) is 103. The van der Waals surface area contributed by atoms with Crippen molar-refractivity contribution in [1.29, 1.82) is 0 Å². The highest BCUT2D eigenvalue weighted by molar-refractivity contribution is 5.91. The molecule has 0 aromatic heterocycles. The molecule has 18 heteroatoms. The van der Waals surface area contributed by atoms with Crippen LogP contribution in [0.5, 0.6) is 0 Å². The predicted octanol–water partition coefficient (Wildman–Crippen LogP) is 11.6. The molecule has 0 radical (unpaired) electrons. The van der Waals surface area contributed by atoms with Gasteiger partial charge in [0.2, 0.25) is 0 Å². The molecule has 0 aliphatic carbocycles. The summed E-state index contributed by atoms with van der Waals surface area (Å²) in [5, 5.41) is 0. The lowest BCUT2D eigenvalue weighted by Crippen LogP contribution is -2.16. The van der Waals surface area contributed by atoms with E-state index in [9.17, 15) is 38.4 Å². The largest absolute Gasteiger partial charge is 0.463 e. The summed E-state index contributed by atoms with van der Waals surface area (Å²) in [6.07, 6.45) is 3.76. The molecule has 0 heterocycles. The number of carbonyl (C=O) groups is 8. The first-order valence-corrected chi connectivity index (χ1v) is 28.2. The zero-order chi connectivity index (χ0) is 63.5. The van der Waals surface area contributed by atoms with Gasteiger partial charge in [-0.25, -0.2) is 19.2 Å². The van der Waals surface area contributed by atoms with Gasteiger partial charge in [0.15, 0.2) is 0 Å². The van der Waals surface area contributed by atoms with E-state index in [4.69, 9.17) is 37.9 Å². The molecular formula is C70H70N2O16. The minimum atomic E-state index is -0.634. The first-order chi connectivity index (χ1) is 42.4. The number of anilines is 6. The first-order valence-electron chi connectivity index (χ1n) is 28.2. The molecule has 0 bridgehead atoms.